The lowest BCUT2D eigenvalue weighted by Crippen LogP contribution is -1.79. The van der Waals surface area contributed by atoms with Gasteiger partial charge in [0.2, 0.25) is 0 Å². The van der Waals surface area contributed by atoms with Crippen LogP contribution in [0.4, 0.5) is 0 Å². The van der Waals surface area contributed by atoms with E-state index < -0.39 is 0 Å². The first-order valence-electron chi connectivity index (χ1n) is 4.45. The summed E-state index contributed by atoms with van der Waals surface area (Å²) >= 11 is 5.70. The van der Waals surface area contributed by atoms with E-state index in [0.29, 0.717) is 10.6 Å². The summed E-state index contributed by atoms with van der Waals surface area (Å²) < 4.78 is 0. The Labute approximate surface area is 92.4 Å². The van der Waals surface area contributed by atoms with E-state index in [0.717, 1.165) is 5.56 Å². The smallest absolute Gasteiger partial charge is 0.134 e. The lowest BCUT2D eigenvalue weighted by atomic mass is 10.0. The third-order valence-corrected chi connectivity index (χ3v) is 2.48. The van der Waals surface area contributed by atoms with Crippen molar-refractivity contribution in [2.45, 2.75) is 0 Å². The van der Waals surface area contributed by atoms with Gasteiger partial charge in [-0.25, -0.2) is 0 Å². The molecule has 0 saturated heterocycles. The third-order valence-electron chi connectivity index (χ3n) is 2.16. The van der Waals surface area contributed by atoms with Gasteiger partial charge in [-0.3, -0.25) is 0 Å². The summed E-state index contributed by atoms with van der Waals surface area (Å²) in [6.07, 6.45) is 0. The number of rotatable bonds is 1. The molecule has 15 heavy (non-hydrogen) atoms. The lowest BCUT2D eigenvalue weighted by Gasteiger charge is -2.05. The minimum absolute atomic E-state index is 0.0115. The summed E-state index contributed by atoms with van der Waals surface area (Å²) in [5.74, 6) is 0.191. The number of para-hydroxylation sites is 1. The predicted molar refractivity (Wildman–Crippen MR) is 60.2 cm³/mol. The van der Waals surface area contributed by atoms with E-state index in [9.17, 15) is 10.2 Å². The summed E-state index contributed by atoms with van der Waals surface area (Å²) in [7, 11) is 0. The zero-order chi connectivity index (χ0) is 10.8. The minimum atomic E-state index is 0.0115. The van der Waals surface area contributed by atoms with Gasteiger partial charge in [0.15, 0.2) is 0 Å². The summed E-state index contributed by atoms with van der Waals surface area (Å²) in [5, 5.41) is 19.3. The molecule has 0 aliphatic carbocycles. The standard InChI is InChI=1S/C12H9ClO2/c13-10-6-5-8(7-12(10)15)9-3-1-2-4-11(9)14/h1-7,14-15H. The van der Waals surface area contributed by atoms with Gasteiger partial charge in [0, 0.05) is 5.56 Å². The summed E-state index contributed by atoms with van der Waals surface area (Å²) in [5.41, 5.74) is 1.40. The number of aromatic hydroxyl groups is 2. The zero-order valence-electron chi connectivity index (χ0n) is 7.81. The highest BCUT2D eigenvalue weighted by atomic mass is 35.5. The molecule has 0 atom stereocenters. The van der Waals surface area contributed by atoms with Crippen LogP contribution < -0.4 is 0 Å². The molecule has 0 aliphatic heterocycles. The van der Waals surface area contributed by atoms with Crippen LogP contribution in [0.25, 0.3) is 11.1 Å². The molecule has 3 heteroatoms. The second-order valence-corrected chi connectivity index (χ2v) is 3.59. The fourth-order valence-corrected chi connectivity index (χ4v) is 1.52. The first-order chi connectivity index (χ1) is 7.18. The van der Waals surface area contributed by atoms with E-state index in [4.69, 9.17) is 11.6 Å². The van der Waals surface area contributed by atoms with Crippen LogP contribution in [0.2, 0.25) is 5.02 Å². The van der Waals surface area contributed by atoms with Crippen LogP contribution in [0.1, 0.15) is 0 Å². The van der Waals surface area contributed by atoms with Gasteiger partial charge in [-0.15, -0.1) is 0 Å². The number of hydrogen-bond donors (Lipinski definition) is 2. The van der Waals surface area contributed by atoms with E-state index in [1.165, 1.54) is 6.07 Å². The van der Waals surface area contributed by atoms with Crippen molar-refractivity contribution < 1.29 is 10.2 Å². The summed E-state index contributed by atoms with van der Waals surface area (Å²) in [4.78, 5) is 0. The van der Waals surface area contributed by atoms with E-state index >= 15 is 0 Å². The first kappa shape index (κ1) is 9.87. The SMILES string of the molecule is Oc1cc(-c2ccccc2O)ccc1Cl. The second-order valence-electron chi connectivity index (χ2n) is 3.18. The molecule has 0 fully saturated rings. The van der Waals surface area contributed by atoms with Crippen LogP contribution in [0.5, 0.6) is 11.5 Å². The molecule has 2 N–H and O–H groups in total. The molecule has 0 heterocycles. The molecule has 0 amide bonds. The van der Waals surface area contributed by atoms with Gasteiger partial charge in [-0.1, -0.05) is 35.9 Å². The molecular weight excluding hydrogens is 212 g/mol. The predicted octanol–water partition coefficient (Wildman–Crippen LogP) is 3.42. The zero-order valence-corrected chi connectivity index (χ0v) is 8.57. The molecule has 76 valence electrons. The number of halogens is 1. The van der Waals surface area contributed by atoms with E-state index in [2.05, 4.69) is 0 Å². The van der Waals surface area contributed by atoms with Crippen LogP contribution in [0.15, 0.2) is 42.5 Å². The quantitative estimate of drug-likeness (QED) is 0.773. The van der Waals surface area contributed by atoms with Crippen molar-refractivity contribution >= 4 is 11.6 Å². The largest absolute Gasteiger partial charge is 0.507 e. The Morgan fingerprint density at radius 1 is 0.867 bits per heavy atom. The highest BCUT2D eigenvalue weighted by molar-refractivity contribution is 6.32. The third kappa shape index (κ3) is 1.90. The van der Waals surface area contributed by atoms with Gasteiger partial charge in [0.1, 0.15) is 11.5 Å². The monoisotopic (exact) mass is 220 g/mol. The number of phenols is 2. The van der Waals surface area contributed by atoms with Crippen LogP contribution in [0.3, 0.4) is 0 Å². The van der Waals surface area contributed by atoms with Crippen LogP contribution in [-0.4, -0.2) is 10.2 Å². The van der Waals surface area contributed by atoms with Crippen LogP contribution >= 0.6 is 11.6 Å². The Bertz CT molecular complexity index is 495. The number of phenolic OH excluding ortho intramolecular Hbond substituents is 2. The topological polar surface area (TPSA) is 40.5 Å². The molecule has 2 aromatic rings. The van der Waals surface area contributed by atoms with Crippen molar-refractivity contribution in [1.29, 1.82) is 0 Å². The lowest BCUT2D eigenvalue weighted by molar-refractivity contribution is 0.474. The number of hydrogen-bond acceptors (Lipinski definition) is 2. The van der Waals surface area contributed by atoms with Gasteiger partial charge in [0.25, 0.3) is 0 Å². The van der Waals surface area contributed by atoms with Gasteiger partial charge in [0.05, 0.1) is 5.02 Å². The molecule has 0 aliphatic rings. The maximum absolute atomic E-state index is 9.61. The molecule has 2 rings (SSSR count). The number of benzene rings is 2. The Hall–Kier alpha value is -1.67. The average Bonchev–Trinajstić information content (AvgIpc) is 2.23. The molecule has 0 aromatic heterocycles. The Kier molecular flexibility index (Phi) is 2.52. The second kappa shape index (κ2) is 3.83. The maximum atomic E-state index is 9.61. The van der Waals surface area contributed by atoms with Gasteiger partial charge in [-0.2, -0.15) is 0 Å². The van der Waals surface area contributed by atoms with Gasteiger partial charge >= 0.3 is 0 Å². The molecule has 0 saturated carbocycles. The average molecular weight is 221 g/mol. The first-order valence-corrected chi connectivity index (χ1v) is 4.83. The Balaban J connectivity index is 2.55. The molecule has 2 aromatic carbocycles. The van der Waals surface area contributed by atoms with Crippen molar-refractivity contribution in [2.24, 2.45) is 0 Å². The van der Waals surface area contributed by atoms with Crippen LogP contribution in [-0.2, 0) is 0 Å². The van der Waals surface area contributed by atoms with Gasteiger partial charge in [-0.05, 0) is 23.8 Å². The molecule has 0 unspecified atom stereocenters. The minimum Gasteiger partial charge on any atom is -0.507 e. The molecule has 2 nitrogen and oxygen atoms in total. The van der Waals surface area contributed by atoms with E-state index in [1.54, 1.807) is 30.3 Å². The van der Waals surface area contributed by atoms with Crippen molar-refractivity contribution in [1.82, 2.24) is 0 Å². The van der Waals surface area contributed by atoms with Crippen molar-refractivity contribution in [2.75, 3.05) is 0 Å². The van der Waals surface area contributed by atoms with E-state index in [1.807, 2.05) is 6.07 Å². The summed E-state index contributed by atoms with van der Waals surface area (Å²) in [6.45, 7) is 0. The normalized spacial score (nSPS) is 10.2. The van der Waals surface area contributed by atoms with Crippen molar-refractivity contribution in [3.05, 3.63) is 47.5 Å². The summed E-state index contributed by atoms with van der Waals surface area (Å²) in [6, 6.07) is 11.8. The highest BCUT2D eigenvalue weighted by Gasteiger charge is 2.05. The fraction of sp³-hybridized carbons (Fsp3) is 0. The molecule has 0 radical (unpaired) electrons. The Morgan fingerprint density at radius 3 is 2.27 bits per heavy atom. The molecular formula is C12H9ClO2. The molecule has 0 bridgehead atoms. The van der Waals surface area contributed by atoms with E-state index in [-0.39, 0.29) is 11.5 Å². The fourth-order valence-electron chi connectivity index (χ4n) is 1.40. The highest BCUT2D eigenvalue weighted by Crippen LogP contribution is 2.33. The Morgan fingerprint density at radius 2 is 1.60 bits per heavy atom. The van der Waals surface area contributed by atoms with Crippen molar-refractivity contribution in [3.63, 3.8) is 0 Å². The van der Waals surface area contributed by atoms with Crippen molar-refractivity contribution in [3.8, 4) is 22.6 Å². The molecule has 0 spiro atoms. The maximum Gasteiger partial charge on any atom is 0.134 e. The van der Waals surface area contributed by atoms with Gasteiger partial charge < -0.3 is 10.2 Å². The van der Waals surface area contributed by atoms with Crippen LogP contribution in [0, 0.1) is 0 Å².